The fourth-order valence-corrected chi connectivity index (χ4v) is 3.77. The van der Waals surface area contributed by atoms with Gasteiger partial charge in [-0.05, 0) is 55.8 Å². The summed E-state index contributed by atoms with van der Waals surface area (Å²) < 4.78 is 15.5. The first-order valence-corrected chi connectivity index (χ1v) is 10.6. The Hall–Kier alpha value is -4.53. The molecule has 0 amide bonds. The van der Waals surface area contributed by atoms with Gasteiger partial charge in [0.25, 0.3) is 5.56 Å². The highest BCUT2D eigenvalue weighted by atomic mass is 19.1. The molecule has 34 heavy (non-hydrogen) atoms. The first-order valence-electron chi connectivity index (χ1n) is 10.6. The zero-order valence-corrected chi connectivity index (χ0v) is 18.6. The van der Waals surface area contributed by atoms with Crippen molar-refractivity contribution in [3.63, 3.8) is 0 Å². The Bertz CT molecular complexity index is 1380. The molecule has 0 aliphatic carbocycles. The number of rotatable bonds is 8. The molecule has 1 unspecified atom stereocenters. The van der Waals surface area contributed by atoms with E-state index < -0.39 is 11.7 Å². The predicted molar refractivity (Wildman–Crippen MR) is 127 cm³/mol. The summed E-state index contributed by atoms with van der Waals surface area (Å²) in [5.41, 5.74) is 7.57. The van der Waals surface area contributed by atoms with Gasteiger partial charge in [-0.15, -0.1) is 0 Å². The fraction of sp³-hybridized carbons (Fsp3) is 0.120. The summed E-state index contributed by atoms with van der Waals surface area (Å²) in [6, 6.07) is 16.4. The van der Waals surface area contributed by atoms with Crippen molar-refractivity contribution in [2.24, 2.45) is 0 Å². The Kier molecular flexibility index (Phi) is 6.63. The summed E-state index contributed by atoms with van der Waals surface area (Å²) in [6.07, 6.45) is 3.88. The number of halogens is 1. The summed E-state index contributed by atoms with van der Waals surface area (Å²) in [7, 11) is 0. The zero-order chi connectivity index (χ0) is 24.1. The number of anilines is 1. The Morgan fingerprint density at radius 1 is 1.09 bits per heavy atom. The molecule has 0 aliphatic heterocycles. The molecule has 3 aromatic heterocycles. The third-order valence-electron chi connectivity index (χ3n) is 5.38. The van der Waals surface area contributed by atoms with Gasteiger partial charge in [-0.25, -0.2) is 19.0 Å². The predicted octanol–water partition coefficient (Wildman–Crippen LogP) is 3.62. The Morgan fingerprint density at radius 3 is 2.50 bits per heavy atom. The van der Waals surface area contributed by atoms with Crippen LogP contribution in [0.4, 0.5) is 10.2 Å². The number of pyridine rings is 2. The van der Waals surface area contributed by atoms with Crippen LogP contribution in [0.25, 0.3) is 5.82 Å². The van der Waals surface area contributed by atoms with E-state index in [4.69, 9.17) is 0 Å². The molecular formula is C25H23FN6O2. The van der Waals surface area contributed by atoms with E-state index in [2.05, 4.69) is 25.9 Å². The van der Waals surface area contributed by atoms with E-state index in [-0.39, 0.29) is 11.1 Å². The number of aldehydes is 1. The third kappa shape index (κ3) is 4.63. The third-order valence-corrected chi connectivity index (χ3v) is 5.38. The van der Waals surface area contributed by atoms with Gasteiger partial charge in [-0.2, -0.15) is 0 Å². The molecule has 1 aromatic carbocycles. The van der Waals surface area contributed by atoms with Crippen molar-refractivity contribution in [2.45, 2.75) is 19.8 Å². The summed E-state index contributed by atoms with van der Waals surface area (Å²) in [5.74, 6) is -0.351. The topological polar surface area (TPSA) is 105 Å². The van der Waals surface area contributed by atoms with Crippen LogP contribution in [-0.2, 0) is 4.79 Å². The maximum absolute atomic E-state index is 14.2. The highest BCUT2D eigenvalue weighted by molar-refractivity contribution is 5.79. The van der Waals surface area contributed by atoms with E-state index in [1.807, 2.05) is 6.07 Å². The van der Waals surface area contributed by atoms with Gasteiger partial charge in [0.1, 0.15) is 17.9 Å². The van der Waals surface area contributed by atoms with E-state index in [1.165, 1.54) is 16.8 Å². The summed E-state index contributed by atoms with van der Waals surface area (Å²) in [5, 5.41) is 3.03. The molecule has 3 heterocycles. The molecule has 3 N–H and O–H groups in total. The van der Waals surface area contributed by atoms with Gasteiger partial charge >= 0.3 is 0 Å². The number of benzene rings is 1. The number of hydrazine groups is 1. The minimum absolute atomic E-state index is 0.265. The highest BCUT2D eigenvalue weighted by Gasteiger charge is 2.29. The van der Waals surface area contributed by atoms with Crippen molar-refractivity contribution < 1.29 is 9.18 Å². The molecular weight excluding hydrogens is 435 g/mol. The van der Waals surface area contributed by atoms with E-state index in [1.54, 1.807) is 68.7 Å². The smallest absolute Gasteiger partial charge is 0.277 e. The standard InChI is InChI=1S/C25H23FN6O2/c1-16(29-30-21-10-3-5-12-27-21)20(15-33)24(18-8-7-9-19(26)14-18)23-17(2)31-32(25(23)34)22-11-4-6-13-28-22/h3-15,24,29,31H,1-2H3,(H,27,30)/b20-16+. The number of nitrogens with zero attached hydrogens (tertiary/aromatic N) is 3. The molecule has 172 valence electrons. The Labute approximate surface area is 195 Å². The quantitative estimate of drug-likeness (QED) is 0.212. The van der Waals surface area contributed by atoms with Crippen LogP contribution in [0.15, 0.2) is 89.1 Å². The lowest BCUT2D eigenvalue weighted by Gasteiger charge is -2.20. The number of H-pyrrole nitrogens is 1. The molecule has 0 aliphatic rings. The van der Waals surface area contributed by atoms with Crippen LogP contribution in [-0.4, -0.2) is 26.0 Å². The molecule has 0 radical (unpaired) electrons. The summed E-state index contributed by atoms with van der Waals surface area (Å²) in [4.78, 5) is 34.3. The average Bonchev–Trinajstić information content (AvgIpc) is 3.15. The van der Waals surface area contributed by atoms with E-state index in [0.29, 0.717) is 40.4 Å². The van der Waals surface area contributed by atoms with Crippen molar-refractivity contribution in [3.8, 4) is 5.82 Å². The van der Waals surface area contributed by atoms with Gasteiger partial charge < -0.3 is 5.43 Å². The first kappa shape index (κ1) is 22.7. The van der Waals surface area contributed by atoms with Crippen molar-refractivity contribution in [1.82, 2.24) is 25.2 Å². The van der Waals surface area contributed by atoms with Gasteiger partial charge in [-0.3, -0.25) is 20.1 Å². The van der Waals surface area contributed by atoms with Crippen molar-refractivity contribution in [2.75, 3.05) is 5.43 Å². The van der Waals surface area contributed by atoms with Crippen LogP contribution in [0.2, 0.25) is 0 Å². The number of hydrogen-bond acceptors (Lipinski definition) is 6. The minimum Gasteiger partial charge on any atom is -0.304 e. The lowest BCUT2D eigenvalue weighted by atomic mass is 9.84. The number of aromatic amines is 1. The van der Waals surface area contributed by atoms with Gasteiger partial charge in [0, 0.05) is 35.3 Å². The van der Waals surface area contributed by atoms with Crippen LogP contribution in [0, 0.1) is 12.7 Å². The van der Waals surface area contributed by atoms with Crippen LogP contribution < -0.4 is 16.4 Å². The number of allylic oxidation sites excluding steroid dienone is 2. The lowest BCUT2D eigenvalue weighted by Crippen LogP contribution is -2.26. The number of carbonyl (C=O) groups excluding carboxylic acids is 1. The molecule has 0 bridgehead atoms. The van der Waals surface area contributed by atoms with Crippen LogP contribution in [0.5, 0.6) is 0 Å². The van der Waals surface area contributed by atoms with Crippen molar-refractivity contribution >= 4 is 12.1 Å². The monoisotopic (exact) mass is 458 g/mol. The highest BCUT2D eigenvalue weighted by Crippen LogP contribution is 2.32. The van der Waals surface area contributed by atoms with Crippen molar-refractivity contribution in [3.05, 3.63) is 117 Å². The SMILES string of the molecule is C/C(NNc1ccccn1)=C(/C=O)C(c1cccc(F)c1)c1c(C)[nH]n(-c2ccccn2)c1=O. The first-order chi connectivity index (χ1) is 16.5. The molecule has 9 heteroatoms. The molecule has 0 spiro atoms. The molecule has 4 aromatic rings. The van der Waals surface area contributed by atoms with Gasteiger partial charge in [0.15, 0.2) is 5.82 Å². The normalized spacial score (nSPS) is 12.6. The molecule has 1 atom stereocenters. The average molecular weight is 458 g/mol. The fourth-order valence-electron chi connectivity index (χ4n) is 3.77. The molecule has 0 saturated carbocycles. The largest absolute Gasteiger partial charge is 0.304 e. The number of nitrogens with one attached hydrogen (secondary N) is 3. The minimum atomic E-state index is -0.833. The molecule has 0 fully saturated rings. The number of aromatic nitrogens is 4. The number of hydrogen-bond donors (Lipinski definition) is 3. The second-order valence-corrected chi connectivity index (χ2v) is 7.63. The number of carbonyl (C=O) groups is 1. The van der Waals surface area contributed by atoms with E-state index >= 15 is 0 Å². The lowest BCUT2D eigenvalue weighted by molar-refractivity contribution is -0.105. The maximum atomic E-state index is 14.2. The van der Waals surface area contributed by atoms with Crippen molar-refractivity contribution in [1.29, 1.82) is 0 Å². The summed E-state index contributed by atoms with van der Waals surface area (Å²) >= 11 is 0. The van der Waals surface area contributed by atoms with Gasteiger partial charge in [0.2, 0.25) is 0 Å². The molecule has 8 nitrogen and oxygen atoms in total. The second kappa shape index (κ2) is 9.95. The van der Waals surface area contributed by atoms with E-state index in [0.717, 1.165) is 0 Å². The van der Waals surface area contributed by atoms with E-state index in [9.17, 15) is 14.0 Å². The zero-order valence-electron chi connectivity index (χ0n) is 18.6. The number of aryl methyl sites for hydroxylation is 1. The molecule has 4 rings (SSSR count). The van der Waals surface area contributed by atoms with Crippen LogP contribution in [0.1, 0.15) is 29.7 Å². The van der Waals surface area contributed by atoms with Crippen LogP contribution in [0.3, 0.4) is 0 Å². The Morgan fingerprint density at radius 2 is 1.85 bits per heavy atom. The Balaban J connectivity index is 1.84. The van der Waals surface area contributed by atoms with Crippen LogP contribution >= 0.6 is 0 Å². The summed E-state index contributed by atoms with van der Waals surface area (Å²) in [6.45, 7) is 3.44. The maximum Gasteiger partial charge on any atom is 0.277 e. The molecule has 0 saturated heterocycles. The van der Waals surface area contributed by atoms with Gasteiger partial charge in [-0.1, -0.05) is 24.3 Å². The van der Waals surface area contributed by atoms with Gasteiger partial charge in [0.05, 0.1) is 5.56 Å². The second-order valence-electron chi connectivity index (χ2n) is 7.63.